The first-order valence-electron chi connectivity index (χ1n) is 11.3. The molecule has 9 nitrogen and oxygen atoms in total. The summed E-state index contributed by atoms with van der Waals surface area (Å²) >= 11 is 0. The van der Waals surface area contributed by atoms with Crippen LogP contribution in [-0.2, 0) is 5.41 Å². The van der Waals surface area contributed by atoms with Crippen molar-refractivity contribution in [2.24, 2.45) is 0 Å². The van der Waals surface area contributed by atoms with E-state index in [0.29, 0.717) is 23.0 Å². The van der Waals surface area contributed by atoms with Crippen molar-refractivity contribution in [3.63, 3.8) is 0 Å². The number of rotatable bonds is 5. The fourth-order valence-corrected chi connectivity index (χ4v) is 3.83. The van der Waals surface area contributed by atoms with Gasteiger partial charge in [-0.15, -0.1) is 10.2 Å². The van der Waals surface area contributed by atoms with Gasteiger partial charge in [-0.05, 0) is 62.2 Å². The lowest BCUT2D eigenvalue weighted by Crippen LogP contribution is -2.19. The van der Waals surface area contributed by atoms with Crippen molar-refractivity contribution >= 4 is 11.4 Å². The summed E-state index contributed by atoms with van der Waals surface area (Å²) in [5.41, 5.74) is 11.0. The van der Waals surface area contributed by atoms with E-state index in [1.807, 2.05) is 32.0 Å². The van der Waals surface area contributed by atoms with Crippen molar-refractivity contribution in [2.45, 2.75) is 25.7 Å². The molecule has 0 spiro atoms. The lowest BCUT2D eigenvalue weighted by Gasteiger charge is -2.15. The summed E-state index contributed by atoms with van der Waals surface area (Å²) in [4.78, 5) is 13.3. The van der Waals surface area contributed by atoms with Gasteiger partial charge in [-0.3, -0.25) is 4.98 Å². The number of nitrogens with zero attached hydrogens (tertiary/aromatic N) is 6. The zero-order chi connectivity index (χ0) is 24.4. The molecule has 0 radical (unpaired) electrons. The Hall–Kier alpha value is -4.42. The van der Waals surface area contributed by atoms with Gasteiger partial charge in [0, 0.05) is 23.9 Å². The van der Waals surface area contributed by atoms with Crippen LogP contribution in [0.25, 0.3) is 39.9 Å². The molecule has 0 amide bonds. The number of benzene rings is 1. The van der Waals surface area contributed by atoms with Gasteiger partial charge in [-0.2, -0.15) is 5.26 Å². The summed E-state index contributed by atoms with van der Waals surface area (Å²) in [7, 11) is 0. The van der Waals surface area contributed by atoms with Crippen LogP contribution in [-0.4, -0.2) is 38.2 Å². The van der Waals surface area contributed by atoms with Crippen molar-refractivity contribution < 1.29 is 4.42 Å². The molecule has 0 saturated heterocycles. The Morgan fingerprint density at radius 3 is 2.54 bits per heavy atom. The fourth-order valence-electron chi connectivity index (χ4n) is 3.83. The predicted octanol–water partition coefficient (Wildman–Crippen LogP) is 4.02. The molecule has 4 aromatic rings. The number of nitrogens with one attached hydrogen (secondary N) is 1. The molecule has 3 N–H and O–H groups in total. The molecule has 0 saturated carbocycles. The van der Waals surface area contributed by atoms with Gasteiger partial charge in [0.25, 0.3) is 5.89 Å². The molecule has 174 valence electrons. The molecule has 35 heavy (non-hydrogen) atoms. The van der Waals surface area contributed by atoms with Gasteiger partial charge in [0.1, 0.15) is 0 Å². The smallest absolute Gasteiger partial charge is 0.270 e. The van der Waals surface area contributed by atoms with Crippen LogP contribution in [0, 0.1) is 11.3 Å². The molecule has 1 aromatic carbocycles. The number of nitriles is 1. The van der Waals surface area contributed by atoms with Crippen molar-refractivity contribution in [3.8, 4) is 40.4 Å². The molecule has 0 bridgehead atoms. The van der Waals surface area contributed by atoms with Gasteiger partial charge in [0.05, 0.1) is 29.1 Å². The topological polar surface area (TPSA) is 139 Å². The van der Waals surface area contributed by atoms with Crippen LogP contribution >= 0.6 is 0 Å². The molecule has 4 heterocycles. The normalized spacial score (nSPS) is 13.8. The molecule has 1 aliphatic rings. The van der Waals surface area contributed by atoms with E-state index in [1.54, 1.807) is 18.5 Å². The second-order valence-electron chi connectivity index (χ2n) is 8.83. The lowest BCUT2D eigenvalue weighted by atomic mass is 9.90. The molecule has 1 aliphatic heterocycles. The SMILES string of the molecule is CC(C)(C#N)c1cc(-c2cnc(N)c(-c3nnc(-c4ccc(C5=CCNCC5)cc4)o3)n2)ccn1. The van der Waals surface area contributed by atoms with E-state index in [-0.39, 0.29) is 11.7 Å². The highest BCUT2D eigenvalue weighted by atomic mass is 16.4. The lowest BCUT2D eigenvalue weighted by molar-refractivity contribution is 0.582. The van der Waals surface area contributed by atoms with E-state index >= 15 is 0 Å². The minimum Gasteiger partial charge on any atom is -0.414 e. The maximum Gasteiger partial charge on any atom is 0.270 e. The Bertz CT molecular complexity index is 1450. The summed E-state index contributed by atoms with van der Waals surface area (Å²) < 4.78 is 5.92. The van der Waals surface area contributed by atoms with Crippen LogP contribution in [0.2, 0.25) is 0 Å². The summed E-state index contributed by atoms with van der Waals surface area (Å²) in [5, 5.41) is 21.1. The Morgan fingerprint density at radius 2 is 1.80 bits per heavy atom. The molecule has 0 unspecified atom stereocenters. The van der Waals surface area contributed by atoms with E-state index in [9.17, 15) is 5.26 Å². The number of pyridine rings is 1. The summed E-state index contributed by atoms with van der Waals surface area (Å²) in [6, 6.07) is 14.0. The molecule has 0 atom stereocenters. The monoisotopic (exact) mass is 464 g/mol. The van der Waals surface area contributed by atoms with E-state index < -0.39 is 5.41 Å². The first-order valence-corrected chi connectivity index (χ1v) is 11.3. The standard InChI is InChI=1S/C26H24N8O/c1-26(2,15-27)21-13-19(9-12-30-21)20-14-31-23(28)22(32-20)25-34-33-24(35-25)18-5-3-16(4-6-18)17-7-10-29-11-8-17/h3-7,9,12-14,29H,8,10-11H2,1-2H3,(H2,28,31). The van der Waals surface area contributed by atoms with Crippen molar-refractivity contribution in [2.75, 3.05) is 18.8 Å². The van der Waals surface area contributed by atoms with Crippen LogP contribution in [0.4, 0.5) is 5.82 Å². The summed E-state index contributed by atoms with van der Waals surface area (Å²) in [6.07, 6.45) is 6.44. The second kappa shape index (κ2) is 9.08. The molecular formula is C26H24N8O. The van der Waals surface area contributed by atoms with E-state index in [1.165, 1.54) is 11.1 Å². The molecule has 5 rings (SSSR count). The number of anilines is 1. The van der Waals surface area contributed by atoms with Crippen LogP contribution in [0.1, 0.15) is 31.5 Å². The predicted molar refractivity (Wildman–Crippen MR) is 133 cm³/mol. The fraction of sp³-hybridized carbons (Fsp3) is 0.231. The third kappa shape index (κ3) is 4.52. The summed E-state index contributed by atoms with van der Waals surface area (Å²) in [6.45, 7) is 5.51. The minimum absolute atomic E-state index is 0.184. The van der Waals surface area contributed by atoms with Crippen molar-refractivity contribution in [1.29, 1.82) is 5.26 Å². The molecular weight excluding hydrogens is 440 g/mol. The van der Waals surface area contributed by atoms with E-state index in [2.05, 4.69) is 54.7 Å². The summed E-state index contributed by atoms with van der Waals surface area (Å²) in [5.74, 6) is 0.742. The first-order chi connectivity index (χ1) is 16.9. The highest BCUT2D eigenvalue weighted by molar-refractivity contribution is 5.71. The van der Waals surface area contributed by atoms with Gasteiger partial charge in [-0.25, -0.2) is 9.97 Å². The molecule has 0 fully saturated rings. The van der Waals surface area contributed by atoms with E-state index in [4.69, 9.17) is 10.2 Å². The van der Waals surface area contributed by atoms with Gasteiger partial charge in [0.2, 0.25) is 5.89 Å². The average molecular weight is 465 g/mol. The molecule has 3 aromatic heterocycles. The average Bonchev–Trinajstić information content (AvgIpc) is 3.40. The van der Waals surface area contributed by atoms with Crippen LogP contribution in [0.5, 0.6) is 0 Å². The van der Waals surface area contributed by atoms with Gasteiger partial charge >= 0.3 is 0 Å². The van der Waals surface area contributed by atoms with Gasteiger partial charge in [0.15, 0.2) is 11.5 Å². The zero-order valence-corrected chi connectivity index (χ0v) is 19.5. The third-order valence-electron chi connectivity index (χ3n) is 5.97. The van der Waals surface area contributed by atoms with Crippen molar-refractivity contribution in [3.05, 3.63) is 66.1 Å². The van der Waals surface area contributed by atoms with Crippen LogP contribution < -0.4 is 11.1 Å². The maximum atomic E-state index is 9.45. The van der Waals surface area contributed by atoms with Crippen LogP contribution in [0.15, 0.2) is 59.3 Å². The number of hydrogen-bond acceptors (Lipinski definition) is 9. The van der Waals surface area contributed by atoms with E-state index in [0.717, 1.165) is 30.6 Å². The Labute approximate surface area is 202 Å². The highest BCUT2D eigenvalue weighted by Gasteiger charge is 2.23. The van der Waals surface area contributed by atoms with Crippen LogP contribution in [0.3, 0.4) is 0 Å². The number of nitrogens with two attached hydrogens (primary N) is 1. The van der Waals surface area contributed by atoms with Gasteiger partial charge in [-0.1, -0.05) is 18.2 Å². The quantitative estimate of drug-likeness (QED) is 0.448. The highest BCUT2D eigenvalue weighted by Crippen LogP contribution is 2.30. The number of nitrogen functional groups attached to an aromatic ring is 1. The second-order valence-corrected chi connectivity index (χ2v) is 8.83. The Balaban J connectivity index is 1.44. The van der Waals surface area contributed by atoms with Gasteiger partial charge < -0.3 is 15.5 Å². The number of aromatic nitrogens is 5. The minimum atomic E-state index is -0.735. The Morgan fingerprint density at radius 1 is 1.03 bits per heavy atom. The first kappa shape index (κ1) is 22.4. The largest absolute Gasteiger partial charge is 0.414 e. The number of hydrogen-bond donors (Lipinski definition) is 2. The third-order valence-corrected chi connectivity index (χ3v) is 5.97. The Kier molecular flexibility index (Phi) is 5.81. The van der Waals surface area contributed by atoms with Crippen molar-refractivity contribution in [1.82, 2.24) is 30.5 Å². The maximum absolute atomic E-state index is 9.45. The molecule has 9 heteroatoms. The molecule has 0 aliphatic carbocycles. The zero-order valence-electron chi connectivity index (χ0n) is 19.5.